The highest BCUT2D eigenvalue weighted by molar-refractivity contribution is 8.04. The molecule has 0 spiro atoms. The number of esters is 1. The Morgan fingerprint density at radius 1 is 1.42 bits per heavy atom. The number of ketones is 2. The first-order chi connectivity index (χ1) is 8.95. The van der Waals surface area contributed by atoms with Crippen LogP contribution in [-0.4, -0.2) is 35.1 Å². The fraction of sp³-hybridized carbons (Fsp3) is 0.333. The monoisotopic (exact) mass is 281 g/mol. The maximum absolute atomic E-state index is 12.3. The highest BCUT2D eigenvalue weighted by Gasteiger charge is 2.36. The summed E-state index contributed by atoms with van der Waals surface area (Å²) in [5.74, 6) is -1.92. The van der Waals surface area contributed by atoms with Crippen LogP contribution < -0.4 is 0 Å². The van der Waals surface area contributed by atoms with Crippen molar-refractivity contribution in [1.82, 2.24) is 5.16 Å². The molecule has 100 valence electrons. The van der Waals surface area contributed by atoms with Gasteiger partial charge in [0, 0.05) is 11.3 Å². The Bertz CT molecular complexity index is 599. The van der Waals surface area contributed by atoms with Crippen LogP contribution in [0, 0.1) is 0 Å². The van der Waals surface area contributed by atoms with Gasteiger partial charge in [-0.05, 0) is 0 Å². The predicted octanol–water partition coefficient (Wildman–Crippen LogP) is 1.87. The van der Waals surface area contributed by atoms with E-state index in [9.17, 15) is 14.4 Å². The number of fused-ring (bicyclic) bond motifs is 1. The van der Waals surface area contributed by atoms with Crippen molar-refractivity contribution in [1.29, 1.82) is 0 Å². The molecule has 0 fully saturated rings. The van der Waals surface area contributed by atoms with E-state index in [0.717, 1.165) is 7.11 Å². The van der Waals surface area contributed by atoms with Crippen LogP contribution in [0.5, 0.6) is 0 Å². The second kappa shape index (κ2) is 5.00. The van der Waals surface area contributed by atoms with Crippen LogP contribution in [0.2, 0.25) is 0 Å². The Kier molecular flexibility index (Phi) is 3.57. The van der Waals surface area contributed by atoms with Gasteiger partial charge in [0.15, 0.2) is 0 Å². The molecule has 0 radical (unpaired) electrons. The van der Waals surface area contributed by atoms with Crippen molar-refractivity contribution in [2.24, 2.45) is 0 Å². The minimum atomic E-state index is -0.804. The van der Waals surface area contributed by atoms with Crippen molar-refractivity contribution >= 4 is 29.3 Å². The maximum Gasteiger partial charge on any atom is 0.361 e. The summed E-state index contributed by atoms with van der Waals surface area (Å²) in [5.41, 5.74) is -0.367. The van der Waals surface area contributed by atoms with Gasteiger partial charge in [0.2, 0.25) is 23.0 Å². The van der Waals surface area contributed by atoms with Gasteiger partial charge in [-0.2, -0.15) is 0 Å². The van der Waals surface area contributed by atoms with Crippen molar-refractivity contribution in [2.75, 3.05) is 7.11 Å². The van der Waals surface area contributed by atoms with Crippen molar-refractivity contribution in [2.45, 2.75) is 19.1 Å². The summed E-state index contributed by atoms with van der Waals surface area (Å²) in [5, 5.41) is 3.58. The molecule has 0 bridgehead atoms. The molecule has 7 heteroatoms. The summed E-state index contributed by atoms with van der Waals surface area (Å²) in [4.78, 5) is 35.8. The molecule has 0 amide bonds. The molecule has 0 aromatic carbocycles. The maximum atomic E-state index is 12.3. The quantitative estimate of drug-likeness (QED) is 0.781. The van der Waals surface area contributed by atoms with E-state index in [0.29, 0.717) is 0 Å². The van der Waals surface area contributed by atoms with E-state index in [1.54, 1.807) is 0 Å². The zero-order chi connectivity index (χ0) is 14.2. The molecule has 1 aliphatic carbocycles. The topological polar surface area (TPSA) is 86.5 Å². The molecule has 19 heavy (non-hydrogen) atoms. The van der Waals surface area contributed by atoms with Gasteiger partial charge >= 0.3 is 5.97 Å². The van der Waals surface area contributed by atoms with E-state index >= 15 is 0 Å². The largest absolute Gasteiger partial charge is 0.464 e. The van der Waals surface area contributed by atoms with E-state index in [2.05, 4.69) is 9.89 Å². The lowest BCUT2D eigenvalue weighted by molar-refractivity contribution is 0.0586. The Labute approximate surface area is 113 Å². The van der Waals surface area contributed by atoms with Crippen LogP contribution in [0.25, 0.3) is 0 Å². The number of nitrogens with zero attached hydrogens (tertiary/aromatic N) is 1. The fourth-order valence-corrected chi connectivity index (χ4v) is 2.51. The van der Waals surface area contributed by atoms with Gasteiger partial charge in [0.25, 0.3) is 0 Å². The lowest BCUT2D eigenvalue weighted by Crippen LogP contribution is -2.18. The smallest absolute Gasteiger partial charge is 0.361 e. The van der Waals surface area contributed by atoms with Gasteiger partial charge in [0.05, 0.1) is 12.0 Å². The summed E-state index contributed by atoms with van der Waals surface area (Å²) in [6.07, 6.45) is 1.21. The molecular weight excluding hydrogens is 270 g/mol. The first-order valence-corrected chi connectivity index (χ1v) is 6.39. The second-order valence-corrected chi connectivity index (χ2v) is 5.71. The third-order valence-corrected chi connectivity index (χ3v) is 3.40. The van der Waals surface area contributed by atoms with Gasteiger partial charge < -0.3 is 9.26 Å². The number of thioether (sulfide) groups is 1. The lowest BCUT2D eigenvalue weighted by atomic mass is 10.00. The molecule has 0 aliphatic heterocycles. The minimum Gasteiger partial charge on any atom is -0.464 e. The van der Waals surface area contributed by atoms with Crippen LogP contribution in [0.4, 0.5) is 0 Å². The minimum absolute atomic E-state index is 0.109. The highest BCUT2D eigenvalue weighted by Crippen LogP contribution is 2.32. The third-order valence-electron chi connectivity index (χ3n) is 2.37. The van der Waals surface area contributed by atoms with Gasteiger partial charge in [-0.1, -0.05) is 19.0 Å². The molecule has 0 N–H and O–H groups in total. The van der Waals surface area contributed by atoms with E-state index in [1.165, 1.54) is 17.8 Å². The Hall–Kier alpha value is -1.89. The molecule has 1 aromatic rings. The number of methoxy groups -OCH3 is 1. The first kappa shape index (κ1) is 13.5. The van der Waals surface area contributed by atoms with Crippen molar-refractivity contribution < 1.29 is 23.6 Å². The number of carbonyl (C=O) groups excluding carboxylic acids is 3. The number of ether oxygens (including phenoxy) is 1. The number of rotatable bonds is 3. The SMILES string of the molecule is COC(=O)c1noc2c1C(=O)C(SC(C)C)=CC2=O. The van der Waals surface area contributed by atoms with Gasteiger partial charge in [-0.15, -0.1) is 11.8 Å². The van der Waals surface area contributed by atoms with Gasteiger partial charge in [-0.25, -0.2) is 4.79 Å². The third kappa shape index (κ3) is 2.33. The lowest BCUT2D eigenvalue weighted by Gasteiger charge is -2.12. The number of allylic oxidation sites excluding steroid dienone is 2. The fourth-order valence-electron chi connectivity index (χ4n) is 1.62. The summed E-state index contributed by atoms with van der Waals surface area (Å²) in [7, 11) is 1.16. The first-order valence-electron chi connectivity index (χ1n) is 5.51. The number of hydrogen-bond acceptors (Lipinski definition) is 7. The molecule has 0 saturated carbocycles. The van der Waals surface area contributed by atoms with E-state index in [1.807, 2.05) is 13.8 Å². The molecule has 1 heterocycles. The molecule has 1 aromatic heterocycles. The van der Waals surface area contributed by atoms with E-state index in [4.69, 9.17) is 4.52 Å². The Balaban J connectivity index is 2.49. The Morgan fingerprint density at radius 3 is 2.68 bits per heavy atom. The van der Waals surface area contributed by atoms with Crippen molar-refractivity contribution in [3.05, 3.63) is 28.0 Å². The second-order valence-electron chi connectivity index (χ2n) is 4.10. The van der Waals surface area contributed by atoms with Crippen molar-refractivity contribution in [3.63, 3.8) is 0 Å². The van der Waals surface area contributed by atoms with Crippen LogP contribution in [0.3, 0.4) is 0 Å². The molecule has 0 unspecified atom stereocenters. The number of Topliss-reactive ketones (excluding diaryl/α,β-unsaturated/α-hetero) is 1. The van der Waals surface area contributed by atoms with Crippen LogP contribution in [0.1, 0.15) is 45.2 Å². The summed E-state index contributed by atoms with van der Waals surface area (Å²) in [6.45, 7) is 3.79. The van der Waals surface area contributed by atoms with Crippen LogP contribution in [0.15, 0.2) is 15.5 Å². The number of hydrogen-bond donors (Lipinski definition) is 0. The summed E-state index contributed by atoms with van der Waals surface area (Å²) >= 11 is 1.25. The molecule has 0 saturated heterocycles. The normalized spacial score (nSPS) is 14.4. The zero-order valence-corrected chi connectivity index (χ0v) is 11.4. The van der Waals surface area contributed by atoms with Crippen LogP contribution >= 0.6 is 11.8 Å². The van der Waals surface area contributed by atoms with E-state index < -0.39 is 17.5 Å². The summed E-state index contributed by atoms with van der Waals surface area (Å²) < 4.78 is 9.28. The van der Waals surface area contributed by atoms with Gasteiger partial charge in [-0.3, -0.25) is 9.59 Å². The molecule has 2 rings (SSSR count). The van der Waals surface area contributed by atoms with Crippen LogP contribution in [-0.2, 0) is 4.74 Å². The molecule has 0 atom stereocenters. The highest BCUT2D eigenvalue weighted by atomic mass is 32.2. The molecule has 6 nitrogen and oxygen atoms in total. The number of aromatic nitrogens is 1. The molecule has 1 aliphatic rings. The number of carbonyl (C=O) groups is 3. The zero-order valence-electron chi connectivity index (χ0n) is 10.6. The van der Waals surface area contributed by atoms with E-state index in [-0.39, 0.29) is 27.2 Å². The Morgan fingerprint density at radius 2 is 2.11 bits per heavy atom. The average molecular weight is 281 g/mol. The molecular formula is C12H11NO5S. The standard InChI is InChI=1S/C12H11NO5S/c1-5(2)19-7-4-6(14)11-8(10(7)15)9(13-18-11)12(16)17-3/h4-5H,1-3H3. The average Bonchev–Trinajstić information content (AvgIpc) is 2.79. The predicted molar refractivity (Wildman–Crippen MR) is 67.3 cm³/mol. The van der Waals surface area contributed by atoms with Crippen molar-refractivity contribution in [3.8, 4) is 0 Å². The summed E-state index contributed by atoms with van der Waals surface area (Å²) in [6, 6.07) is 0. The van der Waals surface area contributed by atoms with Gasteiger partial charge in [0.1, 0.15) is 5.56 Å².